The van der Waals surface area contributed by atoms with Crippen molar-refractivity contribution in [2.75, 3.05) is 6.54 Å². The third-order valence-corrected chi connectivity index (χ3v) is 3.40. The van der Waals surface area contributed by atoms with Crippen molar-refractivity contribution in [2.24, 2.45) is 5.10 Å². The Morgan fingerprint density at radius 1 is 1.35 bits per heavy atom. The summed E-state index contributed by atoms with van der Waals surface area (Å²) in [5.41, 5.74) is 3.99. The second kappa shape index (κ2) is 6.84. The highest BCUT2D eigenvalue weighted by Crippen LogP contribution is 2.17. The molecule has 5 heteroatoms. The van der Waals surface area contributed by atoms with Crippen molar-refractivity contribution < 1.29 is 9.59 Å². The van der Waals surface area contributed by atoms with Gasteiger partial charge in [-0.05, 0) is 17.9 Å². The van der Waals surface area contributed by atoms with E-state index in [1.54, 1.807) is 0 Å². The minimum atomic E-state index is -0.190. The first-order chi connectivity index (χ1) is 9.66. The van der Waals surface area contributed by atoms with Crippen LogP contribution in [0.15, 0.2) is 35.4 Å². The second-order valence-corrected chi connectivity index (χ2v) is 4.95. The molecule has 0 saturated heterocycles. The number of carbonyl (C=O) groups is 2. The Balaban J connectivity index is 1.76. The smallest absolute Gasteiger partial charge is 0.267 e. The fourth-order valence-electron chi connectivity index (χ4n) is 2.09. The zero-order chi connectivity index (χ0) is 14.4. The fourth-order valence-corrected chi connectivity index (χ4v) is 2.09. The van der Waals surface area contributed by atoms with E-state index >= 15 is 0 Å². The molecule has 2 N–H and O–H groups in total. The molecular weight excluding hydrogens is 254 g/mol. The molecule has 0 saturated carbocycles. The average molecular weight is 273 g/mol. The van der Waals surface area contributed by atoms with Crippen molar-refractivity contribution in [3.05, 3.63) is 35.9 Å². The van der Waals surface area contributed by atoms with Gasteiger partial charge in [-0.2, -0.15) is 5.10 Å². The van der Waals surface area contributed by atoms with Crippen LogP contribution in [0.1, 0.15) is 37.7 Å². The third-order valence-electron chi connectivity index (χ3n) is 3.40. The number of nitrogens with one attached hydrogen (secondary N) is 2. The number of rotatable bonds is 5. The van der Waals surface area contributed by atoms with Gasteiger partial charge in [-0.3, -0.25) is 9.59 Å². The van der Waals surface area contributed by atoms with Crippen molar-refractivity contribution in [1.29, 1.82) is 0 Å². The second-order valence-electron chi connectivity index (χ2n) is 4.95. The SMILES string of the molecule is CC(CCNC(=O)C1=NNC(=O)CC1)c1ccccc1. The van der Waals surface area contributed by atoms with Crippen LogP contribution in [0.4, 0.5) is 0 Å². The van der Waals surface area contributed by atoms with E-state index in [1.807, 2.05) is 18.2 Å². The summed E-state index contributed by atoms with van der Waals surface area (Å²) >= 11 is 0. The molecule has 0 fully saturated rings. The van der Waals surface area contributed by atoms with Gasteiger partial charge in [-0.25, -0.2) is 5.43 Å². The van der Waals surface area contributed by atoms with Gasteiger partial charge in [0.05, 0.1) is 0 Å². The van der Waals surface area contributed by atoms with Crippen molar-refractivity contribution in [2.45, 2.75) is 32.1 Å². The van der Waals surface area contributed by atoms with Gasteiger partial charge in [0.15, 0.2) is 0 Å². The molecule has 1 aliphatic heterocycles. The Morgan fingerprint density at radius 3 is 2.75 bits per heavy atom. The lowest BCUT2D eigenvalue weighted by Gasteiger charge is -2.14. The number of amides is 2. The van der Waals surface area contributed by atoms with Crippen LogP contribution in [-0.2, 0) is 9.59 Å². The van der Waals surface area contributed by atoms with Crippen molar-refractivity contribution in [3.63, 3.8) is 0 Å². The molecule has 1 atom stereocenters. The van der Waals surface area contributed by atoms with Gasteiger partial charge in [-0.15, -0.1) is 0 Å². The highest BCUT2D eigenvalue weighted by atomic mass is 16.2. The standard InChI is InChI=1S/C15H19N3O2/c1-11(12-5-3-2-4-6-12)9-10-16-15(20)13-7-8-14(19)18-17-13/h2-6,11H,7-10H2,1H3,(H,16,20)(H,18,19). The van der Waals surface area contributed by atoms with Crippen LogP contribution in [0.25, 0.3) is 0 Å². The van der Waals surface area contributed by atoms with E-state index in [0.717, 1.165) is 6.42 Å². The molecule has 0 radical (unpaired) electrons. The predicted octanol–water partition coefficient (Wildman–Crippen LogP) is 1.56. The highest BCUT2D eigenvalue weighted by molar-refractivity contribution is 6.39. The quantitative estimate of drug-likeness (QED) is 0.854. The number of hydrazone groups is 1. The molecule has 0 aliphatic carbocycles. The molecular formula is C15H19N3O2. The van der Waals surface area contributed by atoms with E-state index < -0.39 is 0 Å². The van der Waals surface area contributed by atoms with Crippen molar-refractivity contribution >= 4 is 17.5 Å². The number of nitrogens with zero attached hydrogens (tertiary/aromatic N) is 1. The largest absolute Gasteiger partial charge is 0.351 e. The Labute approximate surface area is 118 Å². The van der Waals surface area contributed by atoms with Crippen LogP contribution in [0.5, 0.6) is 0 Å². The van der Waals surface area contributed by atoms with Gasteiger partial charge < -0.3 is 5.32 Å². The molecule has 1 aromatic carbocycles. The molecule has 20 heavy (non-hydrogen) atoms. The molecule has 5 nitrogen and oxygen atoms in total. The third kappa shape index (κ3) is 3.91. The monoisotopic (exact) mass is 273 g/mol. The van der Waals surface area contributed by atoms with Crippen molar-refractivity contribution in [1.82, 2.24) is 10.7 Å². The Kier molecular flexibility index (Phi) is 4.87. The molecule has 0 aromatic heterocycles. The fraction of sp³-hybridized carbons (Fsp3) is 0.400. The van der Waals surface area contributed by atoms with Gasteiger partial charge in [0.1, 0.15) is 5.71 Å². The summed E-state index contributed by atoms with van der Waals surface area (Å²) < 4.78 is 0. The lowest BCUT2D eigenvalue weighted by Crippen LogP contribution is -2.37. The van der Waals surface area contributed by atoms with Gasteiger partial charge in [-0.1, -0.05) is 37.3 Å². The average Bonchev–Trinajstić information content (AvgIpc) is 2.48. The number of hydrogen-bond acceptors (Lipinski definition) is 3. The van der Waals surface area contributed by atoms with Crippen LogP contribution in [-0.4, -0.2) is 24.1 Å². The Hall–Kier alpha value is -2.17. The van der Waals surface area contributed by atoms with Gasteiger partial charge in [0, 0.05) is 19.4 Å². The minimum Gasteiger partial charge on any atom is -0.351 e. The van der Waals surface area contributed by atoms with E-state index in [-0.39, 0.29) is 11.8 Å². The van der Waals surface area contributed by atoms with E-state index in [1.165, 1.54) is 5.56 Å². The molecule has 2 amide bonds. The summed E-state index contributed by atoms with van der Waals surface area (Å²) in [4.78, 5) is 22.8. The topological polar surface area (TPSA) is 70.6 Å². The molecule has 1 unspecified atom stereocenters. The van der Waals surface area contributed by atoms with E-state index in [0.29, 0.717) is 31.0 Å². The van der Waals surface area contributed by atoms with Crippen LogP contribution in [0.3, 0.4) is 0 Å². The van der Waals surface area contributed by atoms with Gasteiger partial charge in [0.25, 0.3) is 5.91 Å². The molecule has 0 spiro atoms. The number of carbonyl (C=O) groups excluding carboxylic acids is 2. The first kappa shape index (κ1) is 14.2. The molecule has 1 aromatic rings. The van der Waals surface area contributed by atoms with Crippen LogP contribution >= 0.6 is 0 Å². The predicted molar refractivity (Wildman–Crippen MR) is 77.3 cm³/mol. The summed E-state index contributed by atoms with van der Waals surface area (Å²) in [6.45, 7) is 2.74. The van der Waals surface area contributed by atoms with Gasteiger partial charge in [0.2, 0.25) is 5.91 Å². The number of benzene rings is 1. The summed E-state index contributed by atoms with van der Waals surface area (Å²) in [6, 6.07) is 10.2. The first-order valence-corrected chi connectivity index (χ1v) is 6.85. The lowest BCUT2D eigenvalue weighted by atomic mass is 9.98. The summed E-state index contributed by atoms with van der Waals surface area (Å²) in [5.74, 6) is 0.0639. The molecule has 0 bridgehead atoms. The zero-order valence-electron chi connectivity index (χ0n) is 11.6. The maximum Gasteiger partial charge on any atom is 0.267 e. The summed E-state index contributed by atoms with van der Waals surface area (Å²) in [6.07, 6.45) is 1.61. The van der Waals surface area contributed by atoms with E-state index in [4.69, 9.17) is 0 Å². The lowest BCUT2D eigenvalue weighted by molar-refractivity contribution is -0.121. The summed E-state index contributed by atoms with van der Waals surface area (Å²) in [7, 11) is 0. The molecule has 106 valence electrons. The van der Waals surface area contributed by atoms with Crippen LogP contribution < -0.4 is 10.7 Å². The summed E-state index contributed by atoms with van der Waals surface area (Å²) in [5, 5.41) is 6.62. The molecule has 1 aliphatic rings. The van der Waals surface area contributed by atoms with Crippen LogP contribution in [0, 0.1) is 0 Å². The van der Waals surface area contributed by atoms with Crippen LogP contribution in [0.2, 0.25) is 0 Å². The van der Waals surface area contributed by atoms with Gasteiger partial charge >= 0.3 is 0 Å². The highest BCUT2D eigenvalue weighted by Gasteiger charge is 2.17. The Morgan fingerprint density at radius 2 is 2.10 bits per heavy atom. The molecule has 2 rings (SSSR count). The zero-order valence-corrected chi connectivity index (χ0v) is 11.6. The minimum absolute atomic E-state index is 0.140. The van der Waals surface area contributed by atoms with Crippen molar-refractivity contribution in [3.8, 4) is 0 Å². The maximum absolute atomic E-state index is 11.8. The van der Waals surface area contributed by atoms with E-state index in [9.17, 15) is 9.59 Å². The normalized spacial score (nSPS) is 16.1. The number of hydrogen-bond donors (Lipinski definition) is 2. The Bertz CT molecular complexity index is 511. The first-order valence-electron chi connectivity index (χ1n) is 6.85. The van der Waals surface area contributed by atoms with E-state index in [2.05, 4.69) is 34.9 Å². The molecule has 1 heterocycles. The maximum atomic E-state index is 11.8.